The molecular formula is C16H21N5OS. The SMILES string of the molecule is C=C(C)CN(CC)C(=O)CSc1nnnn1-c1ccc(C)cc1. The number of likely N-dealkylation sites (N-methyl/N-ethyl adjacent to an activating group) is 1. The molecular weight excluding hydrogens is 310 g/mol. The minimum absolute atomic E-state index is 0.0546. The maximum Gasteiger partial charge on any atom is 0.233 e. The van der Waals surface area contributed by atoms with E-state index >= 15 is 0 Å². The molecule has 6 nitrogen and oxygen atoms in total. The Morgan fingerprint density at radius 1 is 1.35 bits per heavy atom. The highest BCUT2D eigenvalue weighted by Crippen LogP contribution is 2.19. The minimum Gasteiger partial charge on any atom is -0.338 e. The fourth-order valence-corrected chi connectivity index (χ4v) is 2.83. The Labute approximate surface area is 140 Å². The number of thioether (sulfide) groups is 1. The van der Waals surface area contributed by atoms with Gasteiger partial charge in [-0.25, -0.2) is 0 Å². The number of carbonyl (C=O) groups excluding carboxylic acids is 1. The van der Waals surface area contributed by atoms with Crippen molar-refractivity contribution in [2.75, 3.05) is 18.8 Å². The van der Waals surface area contributed by atoms with Gasteiger partial charge in [-0.1, -0.05) is 41.6 Å². The molecule has 1 aromatic heterocycles. The van der Waals surface area contributed by atoms with Crippen LogP contribution >= 0.6 is 11.8 Å². The van der Waals surface area contributed by atoms with Crippen LogP contribution in [0.3, 0.4) is 0 Å². The molecule has 0 aliphatic carbocycles. The molecule has 0 radical (unpaired) electrons. The van der Waals surface area contributed by atoms with Crippen molar-refractivity contribution >= 4 is 17.7 Å². The average Bonchev–Trinajstić information content (AvgIpc) is 2.99. The zero-order valence-corrected chi connectivity index (χ0v) is 14.5. The molecule has 2 rings (SSSR count). The van der Waals surface area contributed by atoms with Crippen LogP contribution in [0.15, 0.2) is 41.6 Å². The summed E-state index contributed by atoms with van der Waals surface area (Å²) in [5.41, 5.74) is 3.02. The molecule has 23 heavy (non-hydrogen) atoms. The molecule has 7 heteroatoms. The number of carbonyl (C=O) groups is 1. The van der Waals surface area contributed by atoms with Crippen molar-refractivity contribution in [1.82, 2.24) is 25.1 Å². The van der Waals surface area contributed by atoms with E-state index in [0.29, 0.717) is 24.0 Å². The van der Waals surface area contributed by atoms with Gasteiger partial charge in [0.15, 0.2) is 0 Å². The third-order valence-corrected chi connectivity index (χ3v) is 4.14. The summed E-state index contributed by atoms with van der Waals surface area (Å²) >= 11 is 1.34. The molecule has 0 bridgehead atoms. The van der Waals surface area contributed by atoms with Gasteiger partial charge in [-0.2, -0.15) is 4.68 Å². The van der Waals surface area contributed by atoms with Crippen molar-refractivity contribution in [1.29, 1.82) is 0 Å². The lowest BCUT2D eigenvalue weighted by Crippen LogP contribution is -2.33. The molecule has 0 N–H and O–H groups in total. The Bertz CT molecular complexity index is 680. The maximum absolute atomic E-state index is 12.3. The molecule has 0 saturated heterocycles. The average molecular weight is 331 g/mol. The van der Waals surface area contributed by atoms with Crippen LogP contribution in [0.2, 0.25) is 0 Å². The fraction of sp³-hybridized carbons (Fsp3) is 0.375. The summed E-state index contributed by atoms with van der Waals surface area (Å²) < 4.78 is 1.65. The molecule has 1 aromatic carbocycles. The van der Waals surface area contributed by atoms with E-state index in [-0.39, 0.29) is 5.91 Å². The normalized spacial score (nSPS) is 10.6. The van der Waals surface area contributed by atoms with E-state index in [9.17, 15) is 4.79 Å². The smallest absolute Gasteiger partial charge is 0.233 e. The highest BCUT2D eigenvalue weighted by atomic mass is 32.2. The summed E-state index contributed by atoms with van der Waals surface area (Å²) in [6.07, 6.45) is 0. The summed E-state index contributed by atoms with van der Waals surface area (Å²) in [5, 5.41) is 12.3. The van der Waals surface area contributed by atoms with Gasteiger partial charge in [0.05, 0.1) is 11.4 Å². The van der Waals surface area contributed by atoms with Crippen molar-refractivity contribution in [3.63, 3.8) is 0 Å². The Morgan fingerprint density at radius 2 is 2.04 bits per heavy atom. The highest BCUT2D eigenvalue weighted by molar-refractivity contribution is 7.99. The molecule has 1 amide bonds. The first-order chi connectivity index (χ1) is 11.0. The first-order valence-corrected chi connectivity index (χ1v) is 8.40. The van der Waals surface area contributed by atoms with Gasteiger partial charge in [0, 0.05) is 13.1 Å². The van der Waals surface area contributed by atoms with Crippen LogP contribution in [0.1, 0.15) is 19.4 Å². The summed E-state index contributed by atoms with van der Waals surface area (Å²) in [4.78, 5) is 14.1. The van der Waals surface area contributed by atoms with Crippen LogP contribution < -0.4 is 0 Å². The largest absolute Gasteiger partial charge is 0.338 e. The Morgan fingerprint density at radius 3 is 2.65 bits per heavy atom. The van der Waals surface area contributed by atoms with Crippen molar-refractivity contribution in [2.24, 2.45) is 0 Å². The van der Waals surface area contributed by atoms with E-state index in [0.717, 1.165) is 11.3 Å². The predicted molar refractivity (Wildman–Crippen MR) is 91.7 cm³/mol. The Kier molecular flexibility index (Phi) is 5.92. The highest BCUT2D eigenvalue weighted by Gasteiger charge is 2.15. The van der Waals surface area contributed by atoms with Gasteiger partial charge >= 0.3 is 0 Å². The predicted octanol–water partition coefficient (Wildman–Crippen LogP) is 2.49. The van der Waals surface area contributed by atoms with E-state index in [1.807, 2.05) is 45.0 Å². The number of nitrogens with zero attached hydrogens (tertiary/aromatic N) is 5. The zero-order chi connectivity index (χ0) is 16.8. The topological polar surface area (TPSA) is 63.9 Å². The number of aromatic nitrogens is 4. The summed E-state index contributed by atoms with van der Waals surface area (Å²) in [5.74, 6) is 0.354. The van der Waals surface area contributed by atoms with Gasteiger partial charge in [-0.05, 0) is 43.3 Å². The monoisotopic (exact) mass is 331 g/mol. The minimum atomic E-state index is 0.0546. The second kappa shape index (κ2) is 7.92. The second-order valence-corrected chi connectivity index (χ2v) is 6.31. The van der Waals surface area contributed by atoms with Crippen LogP contribution in [0.25, 0.3) is 5.69 Å². The maximum atomic E-state index is 12.3. The van der Waals surface area contributed by atoms with Crippen LogP contribution in [0.5, 0.6) is 0 Å². The molecule has 0 aliphatic rings. The van der Waals surface area contributed by atoms with Gasteiger partial charge < -0.3 is 4.90 Å². The van der Waals surface area contributed by atoms with Gasteiger partial charge in [0.2, 0.25) is 11.1 Å². The molecule has 0 spiro atoms. The Hall–Kier alpha value is -2.15. The first kappa shape index (κ1) is 17.2. The van der Waals surface area contributed by atoms with Crippen LogP contribution in [-0.4, -0.2) is 49.9 Å². The lowest BCUT2D eigenvalue weighted by atomic mass is 10.2. The molecule has 0 unspecified atom stereocenters. The van der Waals surface area contributed by atoms with E-state index in [1.165, 1.54) is 17.3 Å². The van der Waals surface area contributed by atoms with E-state index in [4.69, 9.17) is 0 Å². The molecule has 0 saturated carbocycles. The van der Waals surface area contributed by atoms with Gasteiger partial charge in [-0.15, -0.1) is 5.10 Å². The third kappa shape index (κ3) is 4.66. The number of hydrogen-bond acceptors (Lipinski definition) is 5. The molecule has 0 fully saturated rings. The van der Waals surface area contributed by atoms with Crippen LogP contribution in [0, 0.1) is 6.92 Å². The quantitative estimate of drug-likeness (QED) is 0.576. The summed E-state index contributed by atoms with van der Waals surface area (Å²) in [6, 6.07) is 7.92. The molecule has 1 heterocycles. The van der Waals surface area contributed by atoms with Crippen molar-refractivity contribution < 1.29 is 4.79 Å². The van der Waals surface area contributed by atoms with Crippen LogP contribution in [0.4, 0.5) is 0 Å². The molecule has 122 valence electrons. The third-order valence-electron chi connectivity index (χ3n) is 3.24. The number of tetrazole rings is 1. The number of rotatable bonds is 7. The van der Waals surface area contributed by atoms with Crippen LogP contribution in [-0.2, 0) is 4.79 Å². The second-order valence-electron chi connectivity index (χ2n) is 5.36. The number of hydrogen-bond donors (Lipinski definition) is 0. The number of benzene rings is 1. The molecule has 2 aromatic rings. The summed E-state index contributed by atoms with van der Waals surface area (Å²) in [6.45, 7) is 11.0. The lowest BCUT2D eigenvalue weighted by Gasteiger charge is -2.20. The van der Waals surface area contributed by atoms with E-state index in [2.05, 4.69) is 22.1 Å². The van der Waals surface area contributed by atoms with E-state index < -0.39 is 0 Å². The zero-order valence-electron chi connectivity index (χ0n) is 13.7. The molecule has 0 aliphatic heterocycles. The first-order valence-electron chi connectivity index (χ1n) is 7.41. The van der Waals surface area contributed by atoms with Crippen molar-refractivity contribution in [3.05, 3.63) is 42.0 Å². The summed E-state index contributed by atoms with van der Waals surface area (Å²) in [7, 11) is 0. The fourth-order valence-electron chi connectivity index (χ4n) is 2.04. The number of amides is 1. The lowest BCUT2D eigenvalue weighted by molar-refractivity contribution is -0.127. The molecule has 0 atom stereocenters. The Balaban J connectivity index is 2.04. The number of aryl methyl sites for hydroxylation is 1. The van der Waals surface area contributed by atoms with Gasteiger partial charge in [0.1, 0.15) is 0 Å². The van der Waals surface area contributed by atoms with Crippen molar-refractivity contribution in [2.45, 2.75) is 25.9 Å². The van der Waals surface area contributed by atoms with Gasteiger partial charge in [0.25, 0.3) is 0 Å². The van der Waals surface area contributed by atoms with Gasteiger partial charge in [-0.3, -0.25) is 4.79 Å². The standard InChI is InChI=1S/C16H21N5OS/c1-5-20(10-12(2)3)15(22)11-23-16-17-18-19-21(16)14-8-6-13(4)7-9-14/h6-9H,2,5,10-11H2,1,3-4H3. The van der Waals surface area contributed by atoms with Crippen molar-refractivity contribution in [3.8, 4) is 5.69 Å². The van der Waals surface area contributed by atoms with E-state index in [1.54, 1.807) is 9.58 Å².